The number of esters is 1. The summed E-state index contributed by atoms with van der Waals surface area (Å²) in [5.41, 5.74) is 0.439. The van der Waals surface area contributed by atoms with Crippen molar-refractivity contribution in [2.45, 2.75) is 24.8 Å². The maximum atomic E-state index is 12.5. The van der Waals surface area contributed by atoms with Crippen molar-refractivity contribution in [1.29, 1.82) is 0 Å². The molecule has 0 aliphatic carbocycles. The SMILES string of the molecule is CC(C)[C@H](NC(=O)c1ccccc1Cl)C(=O)OCC(=O)Nc1cccc(S(=O)(=O)N(C)C)c1. The molecule has 0 heterocycles. The number of benzene rings is 2. The van der Waals surface area contributed by atoms with Crippen LogP contribution in [0.3, 0.4) is 0 Å². The summed E-state index contributed by atoms with van der Waals surface area (Å²) in [6, 6.07) is 11.1. The summed E-state index contributed by atoms with van der Waals surface area (Å²) in [6.45, 7) is 2.82. The minimum atomic E-state index is -3.67. The summed E-state index contributed by atoms with van der Waals surface area (Å²) in [6.07, 6.45) is 0. The molecule has 0 bridgehead atoms. The summed E-state index contributed by atoms with van der Waals surface area (Å²) >= 11 is 6.03. The number of hydrogen-bond donors (Lipinski definition) is 2. The van der Waals surface area contributed by atoms with Crippen LogP contribution >= 0.6 is 11.6 Å². The Morgan fingerprint density at radius 1 is 1.06 bits per heavy atom. The highest BCUT2D eigenvalue weighted by molar-refractivity contribution is 7.89. The topological polar surface area (TPSA) is 122 Å². The van der Waals surface area contributed by atoms with Gasteiger partial charge in [-0.2, -0.15) is 0 Å². The molecule has 1 atom stereocenters. The number of halogens is 1. The van der Waals surface area contributed by atoms with Crippen LogP contribution in [0, 0.1) is 5.92 Å². The van der Waals surface area contributed by atoms with E-state index in [-0.39, 0.29) is 27.1 Å². The van der Waals surface area contributed by atoms with Gasteiger partial charge in [0, 0.05) is 19.8 Å². The second-order valence-corrected chi connectivity index (χ2v) is 10.2. The molecule has 0 radical (unpaired) electrons. The lowest BCUT2D eigenvalue weighted by Crippen LogP contribution is -2.46. The molecule has 0 aromatic heterocycles. The van der Waals surface area contributed by atoms with E-state index in [9.17, 15) is 22.8 Å². The Balaban J connectivity index is 2.00. The Hall–Kier alpha value is -2.95. The zero-order valence-electron chi connectivity index (χ0n) is 18.7. The van der Waals surface area contributed by atoms with Gasteiger partial charge >= 0.3 is 5.97 Å². The van der Waals surface area contributed by atoms with Gasteiger partial charge in [-0.1, -0.05) is 43.6 Å². The number of hydrogen-bond acceptors (Lipinski definition) is 6. The van der Waals surface area contributed by atoms with Crippen molar-refractivity contribution in [1.82, 2.24) is 9.62 Å². The zero-order valence-corrected chi connectivity index (χ0v) is 20.2. The van der Waals surface area contributed by atoms with Gasteiger partial charge in [-0.3, -0.25) is 9.59 Å². The molecule has 9 nitrogen and oxygen atoms in total. The van der Waals surface area contributed by atoms with Crippen LogP contribution in [0.1, 0.15) is 24.2 Å². The Morgan fingerprint density at radius 2 is 1.73 bits per heavy atom. The molecule has 0 aliphatic heterocycles. The lowest BCUT2D eigenvalue weighted by molar-refractivity contribution is -0.150. The average molecular weight is 496 g/mol. The summed E-state index contributed by atoms with van der Waals surface area (Å²) in [4.78, 5) is 37.3. The summed E-state index contributed by atoms with van der Waals surface area (Å²) in [7, 11) is -0.875. The van der Waals surface area contributed by atoms with Gasteiger partial charge in [0.25, 0.3) is 11.8 Å². The standard InChI is InChI=1S/C22H26ClN3O6S/c1-14(2)20(25-21(28)17-10-5-6-11-18(17)23)22(29)32-13-19(27)24-15-8-7-9-16(12-15)33(30,31)26(3)4/h5-12,14,20H,13H2,1-4H3,(H,24,27)(H,25,28)/t20-/m0/s1. The molecule has 0 aliphatic rings. The van der Waals surface area contributed by atoms with Crippen LogP contribution in [0.2, 0.25) is 5.02 Å². The van der Waals surface area contributed by atoms with Crippen LogP contribution in [0.15, 0.2) is 53.4 Å². The summed E-state index contributed by atoms with van der Waals surface area (Å²) in [5.74, 6) is -2.31. The number of nitrogens with one attached hydrogen (secondary N) is 2. The van der Waals surface area contributed by atoms with Gasteiger partial charge < -0.3 is 15.4 Å². The van der Waals surface area contributed by atoms with E-state index >= 15 is 0 Å². The third kappa shape index (κ3) is 7.01. The Morgan fingerprint density at radius 3 is 2.33 bits per heavy atom. The molecule has 0 unspecified atom stereocenters. The van der Waals surface area contributed by atoms with Crippen LogP contribution in [0.4, 0.5) is 5.69 Å². The van der Waals surface area contributed by atoms with E-state index < -0.39 is 40.5 Å². The van der Waals surface area contributed by atoms with Crippen molar-refractivity contribution < 1.29 is 27.5 Å². The largest absolute Gasteiger partial charge is 0.454 e. The minimum absolute atomic E-state index is 0.00412. The molecule has 2 amide bonds. The lowest BCUT2D eigenvalue weighted by atomic mass is 10.0. The van der Waals surface area contributed by atoms with Crippen LogP contribution in [0.25, 0.3) is 0 Å². The van der Waals surface area contributed by atoms with E-state index in [0.29, 0.717) is 0 Å². The number of amides is 2. The molecule has 2 N–H and O–H groups in total. The minimum Gasteiger partial charge on any atom is -0.454 e. The molecule has 0 saturated carbocycles. The molecule has 2 aromatic carbocycles. The monoisotopic (exact) mass is 495 g/mol. The highest BCUT2D eigenvalue weighted by Crippen LogP contribution is 2.18. The molecule has 33 heavy (non-hydrogen) atoms. The second kappa shape index (κ2) is 11.3. The molecule has 0 saturated heterocycles. The number of ether oxygens (including phenoxy) is 1. The highest BCUT2D eigenvalue weighted by Gasteiger charge is 2.27. The first-order valence-electron chi connectivity index (χ1n) is 9.98. The number of anilines is 1. The highest BCUT2D eigenvalue weighted by atomic mass is 35.5. The first kappa shape index (κ1) is 26.3. The molecular formula is C22H26ClN3O6S. The molecule has 0 fully saturated rings. The fraction of sp³-hybridized carbons (Fsp3) is 0.318. The summed E-state index contributed by atoms with van der Waals surface area (Å²) < 4.78 is 30.6. The Kier molecular flexibility index (Phi) is 8.98. The quantitative estimate of drug-likeness (QED) is 0.515. The average Bonchev–Trinajstić information content (AvgIpc) is 2.75. The fourth-order valence-corrected chi connectivity index (χ4v) is 3.90. The fourth-order valence-electron chi connectivity index (χ4n) is 2.73. The zero-order chi connectivity index (χ0) is 24.8. The Bertz CT molecular complexity index is 1130. The van der Waals surface area contributed by atoms with Crippen LogP contribution in [-0.4, -0.2) is 57.3 Å². The van der Waals surface area contributed by atoms with Gasteiger partial charge in [-0.15, -0.1) is 0 Å². The van der Waals surface area contributed by atoms with E-state index in [1.165, 1.54) is 44.4 Å². The third-order valence-electron chi connectivity index (χ3n) is 4.57. The molecular weight excluding hydrogens is 470 g/mol. The molecule has 0 spiro atoms. The molecule has 2 rings (SSSR count). The van der Waals surface area contributed by atoms with E-state index in [2.05, 4.69) is 10.6 Å². The van der Waals surface area contributed by atoms with Crippen LogP contribution < -0.4 is 10.6 Å². The third-order valence-corrected chi connectivity index (χ3v) is 6.71. The molecule has 2 aromatic rings. The van der Waals surface area contributed by atoms with Crippen molar-refractivity contribution >= 4 is 45.1 Å². The van der Waals surface area contributed by atoms with Gasteiger partial charge in [-0.05, 0) is 36.2 Å². The first-order chi connectivity index (χ1) is 15.4. The van der Waals surface area contributed by atoms with Crippen molar-refractivity contribution in [3.63, 3.8) is 0 Å². The van der Waals surface area contributed by atoms with Crippen LogP contribution in [0.5, 0.6) is 0 Å². The van der Waals surface area contributed by atoms with E-state index in [0.717, 1.165) is 4.31 Å². The number of carbonyl (C=O) groups excluding carboxylic acids is 3. The predicted octanol–water partition coefficient (Wildman–Crippen LogP) is 2.53. The van der Waals surface area contributed by atoms with Crippen molar-refractivity contribution in [2.24, 2.45) is 5.92 Å². The Labute approximate surface area is 198 Å². The molecule has 11 heteroatoms. The number of nitrogens with zero attached hydrogens (tertiary/aromatic N) is 1. The van der Waals surface area contributed by atoms with E-state index in [1.54, 1.807) is 32.0 Å². The van der Waals surface area contributed by atoms with Crippen molar-refractivity contribution in [2.75, 3.05) is 26.0 Å². The van der Waals surface area contributed by atoms with E-state index in [1.807, 2.05) is 0 Å². The van der Waals surface area contributed by atoms with Gasteiger partial charge in [0.2, 0.25) is 10.0 Å². The summed E-state index contributed by atoms with van der Waals surface area (Å²) in [5, 5.41) is 5.31. The lowest BCUT2D eigenvalue weighted by Gasteiger charge is -2.21. The van der Waals surface area contributed by atoms with Gasteiger partial charge in [0.1, 0.15) is 6.04 Å². The number of rotatable bonds is 9. The maximum Gasteiger partial charge on any atom is 0.329 e. The second-order valence-electron chi connectivity index (χ2n) is 7.65. The smallest absolute Gasteiger partial charge is 0.329 e. The predicted molar refractivity (Wildman–Crippen MR) is 124 cm³/mol. The van der Waals surface area contributed by atoms with Gasteiger partial charge in [-0.25, -0.2) is 17.5 Å². The van der Waals surface area contributed by atoms with Crippen molar-refractivity contribution in [3.05, 3.63) is 59.1 Å². The van der Waals surface area contributed by atoms with E-state index in [4.69, 9.17) is 16.3 Å². The van der Waals surface area contributed by atoms with Gasteiger partial charge in [0.05, 0.1) is 15.5 Å². The first-order valence-corrected chi connectivity index (χ1v) is 11.8. The maximum absolute atomic E-state index is 12.5. The van der Waals surface area contributed by atoms with Crippen molar-refractivity contribution in [3.8, 4) is 0 Å². The van der Waals surface area contributed by atoms with Crippen LogP contribution in [-0.2, 0) is 24.3 Å². The molecule has 178 valence electrons. The number of carbonyl (C=O) groups is 3. The number of sulfonamides is 1. The normalized spacial score (nSPS) is 12.3. The van der Waals surface area contributed by atoms with Gasteiger partial charge in [0.15, 0.2) is 6.61 Å².